The molecular weight excluding hydrogens is 210 g/mol. The van der Waals surface area contributed by atoms with Gasteiger partial charge in [-0.3, -0.25) is 0 Å². The summed E-state index contributed by atoms with van der Waals surface area (Å²) >= 11 is 3.33. The molecule has 70 valence electrons. The van der Waals surface area contributed by atoms with Crippen LogP contribution in [0.15, 0.2) is 23.1 Å². The van der Waals surface area contributed by atoms with Crippen molar-refractivity contribution in [2.24, 2.45) is 0 Å². The van der Waals surface area contributed by atoms with Crippen LogP contribution >= 0.6 is 23.1 Å². The lowest BCUT2D eigenvalue weighted by Gasteiger charge is -1.99. The van der Waals surface area contributed by atoms with E-state index in [0.717, 1.165) is 15.2 Å². The zero-order valence-corrected chi connectivity index (χ0v) is 9.63. The van der Waals surface area contributed by atoms with Crippen molar-refractivity contribution >= 4 is 33.2 Å². The van der Waals surface area contributed by atoms with E-state index in [1.807, 2.05) is 12.3 Å². The maximum absolute atomic E-state index is 9.10. The van der Waals surface area contributed by atoms with Crippen LogP contribution in [0.2, 0.25) is 0 Å². The number of rotatable bonds is 1. The molecule has 1 aromatic heterocycles. The minimum absolute atomic E-state index is 0.827. The first-order chi connectivity index (χ1) is 6.76. The number of aryl methyl sites for hydroxylation is 1. The molecule has 0 radical (unpaired) electrons. The van der Waals surface area contributed by atoms with E-state index in [1.165, 1.54) is 10.3 Å². The summed E-state index contributed by atoms with van der Waals surface area (Å²) in [6.45, 7) is 2.07. The van der Waals surface area contributed by atoms with Crippen molar-refractivity contribution in [2.45, 2.75) is 11.8 Å². The van der Waals surface area contributed by atoms with Crippen LogP contribution in [-0.4, -0.2) is 6.26 Å². The molecule has 1 aromatic carbocycles. The van der Waals surface area contributed by atoms with E-state index in [9.17, 15) is 0 Å². The summed E-state index contributed by atoms with van der Waals surface area (Å²) < 4.78 is 1.12. The molecule has 2 aromatic rings. The molecule has 0 saturated heterocycles. The van der Waals surface area contributed by atoms with Gasteiger partial charge in [0.1, 0.15) is 6.07 Å². The van der Waals surface area contributed by atoms with E-state index in [-0.39, 0.29) is 0 Å². The van der Waals surface area contributed by atoms with Gasteiger partial charge in [0.2, 0.25) is 0 Å². The zero-order chi connectivity index (χ0) is 10.1. The van der Waals surface area contributed by atoms with Gasteiger partial charge in [-0.1, -0.05) is 6.07 Å². The van der Waals surface area contributed by atoms with Crippen molar-refractivity contribution in [3.8, 4) is 6.07 Å². The van der Waals surface area contributed by atoms with Crippen LogP contribution in [-0.2, 0) is 0 Å². The quantitative estimate of drug-likeness (QED) is 0.681. The number of nitriles is 1. The maximum Gasteiger partial charge on any atom is 0.102 e. The Morgan fingerprint density at radius 2 is 2.21 bits per heavy atom. The van der Waals surface area contributed by atoms with Crippen LogP contribution in [0.5, 0.6) is 0 Å². The summed E-state index contributed by atoms with van der Waals surface area (Å²) in [5, 5.41) is 10.3. The fraction of sp³-hybridized carbons (Fsp3) is 0.182. The van der Waals surface area contributed by atoms with Crippen LogP contribution in [0.3, 0.4) is 0 Å². The number of hydrogen-bond acceptors (Lipinski definition) is 3. The second-order valence-electron chi connectivity index (χ2n) is 3.03. The van der Waals surface area contributed by atoms with E-state index in [4.69, 9.17) is 5.26 Å². The Bertz CT molecular complexity index is 520. The molecule has 3 heteroatoms. The Kier molecular flexibility index (Phi) is 2.49. The average Bonchev–Trinajstić information content (AvgIpc) is 2.56. The van der Waals surface area contributed by atoms with Gasteiger partial charge in [0.15, 0.2) is 0 Å². The highest BCUT2D eigenvalue weighted by Crippen LogP contribution is 2.33. The summed E-state index contributed by atoms with van der Waals surface area (Å²) in [4.78, 5) is 2.33. The van der Waals surface area contributed by atoms with Crippen molar-refractivity contribution < 1.29 is 0 Å². The smallest absolute Gasteiger partial charge is 0.102 e. The SMILES string of the molecule is CSc1ccc2cc(C)sc2c1C#N. The topological polar surface area (TPSA) is 23.8 Å². The van der Waals surface area contributed by atoms with Crippen LogP contribution in [0.25, 0.3) is 10.1 Å². The second kappa shape index (κ2) is 3.64. The molecule has 0 unspecified atom stereocenters. The van der Waals surface area contributed by atoms with Gasteiger partial charge in [0.05, 0.1) is 10.3 Å². The van der Waals surface area contributed by atoms with Crippen molar-refractivity contribution in [2.75, 3.05) is 6.26 Å². The number of thioether (sulfide) groups is 1. The number of hydrogen-bond donors (Lipinski definition) is 0. The van der Waals surface area contributed by atoms with Crippen LogP contribution in [0, 0.1) is 18.3 Å². The zero-order valence-electron chi connectivity index (χ0n) is 8.00. The molecule has 0 aliphatic rings. The molecule has 1 heterocycles. The molecule has 1 nitrogen and oxygen atoms in total. The lowest BCUT2D eigenvalue weighted by molar-refractivity contribution is 1.42. The first-order valence-corrected chi connectivity index (χ1v) is 6.27. The van der Waals surface area contributed by atoms with Crippen molar-refractivity contribution in [1.82, 2.24) is 0 Å². The Balaban J connectivity index is 2.84. The molecule has 0 aliphatic carbocycles. The van der Waals surface area contributed by atoms with Crippen molar-refractivity contribution in [3.63, 3.8) is 0 Å². The van der Waals surface area contributed by atoms with Gasteiger partial charge in [-0.2, -0.15) is 5.26 Å². The van der Waals surface area contributed by atoms with Crippen LogP contribution in [0.1, 0.15) is 10.4 Å². The predicted molar refractivity (Wildman–Crippen MR) is 63.1 cm³/mol. The Morgan fingerprint density at radius 3 is 2.86 bits per heavy atom. The van der Waals surface area contributed by atoms with Crippen molar-refractivity contribution in [3.05, 3.63) is 28.6 Å². The molecule has 0 spiro atoms. The van der Waals surface area contributed by atoms with Gasteiger partial charge in [-0.15, -0.1) is 23.1 Å². The minimum Gasteiger partial charge on any atom is -0.192 e. The highest BCUT2D eigenvalue weighted by molar-refractivity contribution is 7.98. The first kappa shape index (κ1) is 9.57. The standard InChI is InChI=1S/C11H9NS2/c1-7-5-8-3-4-10(13-2)9(6-12)11(8)14-7/h3-5H,1-2H3. The number of fused-ring (bicyclic) bond motifs is 1. The van der Waals surface area contributed by atoms with E-state index < -0.39 is 0 Å². The summed E-state index contributed by atoms with van der Waals surface area (Å²) in [5.41, 5.74) is 0.827. The molecule has 0 saturated carbocycles. The normalized spacial score (nSPS) is 10.4. The fourth-order valence-electron chi connectivity index (χ4n) is 1.49. The van der Waals surface area contributed by atoms with E-state index in [1.54, 1.807) is 23.1 Å². The molecule has 2 rings (SSSR count). The lowest BCUT2D eigenvalue weighted by atomic mass is 10.2. The Hall–Kier alpha value is -0.980. The van der Waals surface area contributed by atoms with Gasteiger partial charge >= 0.3 is 0 Å². The molecule has 0 bridgehead atoms. The Morgan fingerprint density at radius 1 is 1.43 bits per heavy atom. The number of thiophene rings is 1. The van der Waals surface area contributed by atoms with Crippen LogP contribution < -0.4 is 0 Å². The van der Waals surface area contributed by atoms with E-state index in [0.29, 0.717) is 0 Å². The number of nitrogens with zero attached hydrogens (tertiary/aromatic N) is 1. The number of benzene rings is 1. The highest BCUT2D eigenvalue weighted by Gasteiger charge is 2.08. The molecule has 0 fully saturated rings. The van der Waals surface area contributed by atoms with E-state index in [2.05, 4.69) is 25.1 Å². The third kappa shape index (κ3) is 1.41. The monoisotopic (exact) mass is 219 g/mol. The maximum atomic E-state index is 9.10. The fourth-order valence-corrected chi connectivity index (χ4v) is 3.12. The van der Waals surface area contributed by atoms with Gasteiger partial charge in [0.25, 0.3) is 0 Å². The summed E-state index contributed by atoms with van der Waals surface area (Å²) in [5.74, 6) is 0. The largest absolute Gasteiger partial charge is 0.192 e. The minimum atomic E-state index is 0.827. The third-order valence-electron chi connectivity index (χ3n) is 2.10. The summed E-state index contributed by atoms with van der Waals surface area (Å²) in [6, 6.07) is 8.54. The molecule has 0 atom stereocenters. The lowest BCUT2D eigenvalue weighted by Crippen LogP contribution is -1.79. The Labute approximate surface area is 91.4 Å². The van der Waals surface area contributed by atoms with Gasteiger partial charge < -0.3 is 0 Å². The first-order valence-electron chi connectivity index (χ1n) is 4.23. The van der Waals surface area contributed by atoms with Crippen molar-refractivity contribution in [1.29, 1.82) is 5.26 Å². The molecule has 14 heavy (non-hydrogen) atoms. The third-order valence-corrected chi connectivity index (χ3v) is 3.97. The highest BCUT2D eigenvalue weighted by atomic mass is 32.2. The molecular formula is C11H9NS2. The summed E-state index contributed by atoms with van der Waals surface area (Å²) in [7, 11) is 0. The average molecular weight is 219 g/mol. The summed E-state index contributed by atoms with van der Waals surface area (Å²) in [6.07, 6.45) is 2.00. The molecule has 0 N–H and O–H groups in total. The van der Waals surface area contributed by atoms with Gasteiger partial charge in [0, 0.05) is 9.77 Å². The molecule has 0 amide bonds. The van der Waals surface area contributed by atoms with Crippen LogP contribution in [0.4, 0.5) is 0 Å². The second-order valence-corrected chi connectivity index (χ2v) is 5.13. The molecule has 0 aliphatic heterocycles. The predicted octanol–water partition coefficient (Wildman–Crippen LogP) is 3.80. The van der Waals surface area contributed by atoms with Gasteiger partial charge in [-0.25, -0.2) is 0 Å². The van der Waals surface area contributed by atoms with E-state index >= 15 is 0 Å². The van der Waals surface area contributed by atoms with Gasteiger partial charge in [-0.05, 0) is 30.7 Å².